The number of aromatic nitrogens is 1. The Kier molecular flexibility index (Phi) is 4.35. The average molecular weight is 277 g/mol. The Morgan fingerprint density at radius 3 is 2.68 bits per heavy atom. The van der Waals surface area contributed by atoms with E-state index in [9.17, 15) is 4.79 Å². The summed E-state index contributed by atoms with van der Waals surface area (Å²) in [4.78, 5) is 15.8. The summed E-state index contributed by atoms with van der Waals surface area (Å²) < 4.78 is 5.07. The van der Waals surface area contributed by atoms with E-state index in [1.807, 2.05) is 36.6 Å². The van der Waals surface area contributed by atoms with Crippen LogP contribution in [0.15, 0.2) is 29.6 Å². The third kappa shape index (κ3) is 3.96. The molecule has 0 aliphatic carbocycles. The van der Waals surface area contributed by atoms with Crippen molar-refractivity contribution in [3.8, 4) is 5.75 Å². The summed E-state index contributed by atoms with van der Waals surface area (Å²) in [5.74, 6) is 0.798. The van der Waals surface area contributed by atoms with Gasteiger partial charge in [0, 0.05) is 11.9 Å². The molecule has 1 aromatic carbocycles. The van der Waals surface area contributed by atoms with Crippen molar-refractivity contribution in [2.45, 2.75) is 13.5 Å². The molecule has 6 heteroatoms. The summed E-state index contributed by atoms with van der Waals surface area (Å²) in [5, 5.41) is 7.95. The van der Waals surface area contributed by atoms with Crippen LogP contribution >= 0.6 is 11.3 Å². The molecule has 2 rings (SSSR count). The number of benzene rings is 1. The molecule has 100 valence electrons. The predicted molar refractivity (Wildman–Crippen MR) is 75.7 cm³/mol. The molecule has 2 N–H and O–H groups in total. The normalized spacial score (nSPS) is 10.0. The molecule has 0 bridgehead atoms. The van der Waals surface area contributed by atoms with Crippen LogP contribution in [0, 0.1) is 6.92 Å². The number of nitrogens with one attached hydrogen (secondary N) is 2. The molecule has 2 amide bonds. The number of nitrogens with zero attached hydrogens (tertiary/aromatic N) is 1. The monoisotopic (exact) mass is 277 g/mol. The lowest BCUT2D eigenvalue weighted by Crippen LogP contribution is -2.28. The first-order chi connectivity index (χ1) is 9.17. The Morgan fingerprint density at radius 1 is 1.37 bits per heavy atom. The molecule has 5 nitrogen and oxygen atoms in total. The number of hydrogen-bond donors (Lipinski definition) is 2. The molecule has 19 heavy (non-hydrogen) atoms. The van der Waals surface area contributed by atoms with Gasteiger partial charge in [-0.15, -0.1) is 11.3 Å². The van der Waals surface area contributed by atoms with E-state index in [0.29, 0.717) is 11.7 Å². The van der Waals surface area contributed by atoms with Crippen molar-refractivity contribution in [3.63, 3.8) is 0 Å². The van der Waals surface area contributed by atoms with E-state index in [0.717, 1.165) is 17.0 Å². The molecule has 0 aliphatic heterocycles. The fourth-order valence-corrected chi connectivity index (χ4v) is 2.16. The number of amides is 2. The van der Waals surface area contributed by atoms with Crippen molar-refractivity contribution >= 4 is 22.5 Å². The Hall–Kier alpha value is -2.08. The highest BCUT2D eigenvalue weighted by molar-refractivity contribution is 7.13. The highest BCUT2D eigenvalue weighted by atomic mass is 32.1. The van der Waals surface area contributed by atoms with Crippen LogP contribution in [0.5, 0.6) is 5.75 Å². The smallest absolute Gasteiger partial charge is 0.321 e. The maximum Gasteiger partial charge on any atom is 0.321 e. The van der Waals surface area contributed by atoms with Gasteiger partial charge in [0.1, 0.15) is 5.75 Å². The van der Waals surface area contributed by atoms with Crippen molar-refractivity contribution in [2.24, 2.45) is 0 Å². The molecule has 2 aromatic rings. The minimum atomic E-state index is -0.259. The number of ether oxygens (including phenoxy) is 1. The summed E-state index contributed by atoms with van der Waals surface area (Å²) >= 11 is 1.40. The number of hydrogen-bond acceptors (Lipinski definition) is 4. The Balaban J connectivity index is 1.82. The fraction of sp³-hybridized carbons (Fsp3) is 0.231. The van der Waals surface area contributed by atoms with Gasteiger partial charge in [0.25, 0.3) is 0 Å². The van der Waals surface area contributed by atoms with Gasteiger partial charge in [0.15, 0.2) is 5.13 Å². The second kappa shape index (κ2) is 6.19. The zero-order valence-electron chi connectivity index (χ0n) is 10.8. The van der Waals surface area contributed by atoms with E-state index in [2.05, 4.69) is 15.6 Å². The molecule has 0 radical (unpaired) electrons. The predicted octanol–water partition coefficient (Wildman–Crippen LogP) is 2.78. The minimum absolute atomic E-state index is 0.259. The Morgan fingerprint density at radius 2 is 2.11 bits per heavy atom. The van der Waals surface area contributed by atoms with Gasteiger partial charge in [-0.2, -0.15) is 0 Å². The first-order valence-corrected chi connectivity index (χ1v) is 6.65. The molecule has 0 saturated carbocycles. The van der Waals surface area contributed by atoms with Crippen LogP contribution in [-0.2, 0) is 6.54 Å². The van der Waals surface area contributed by atoms with Crippen molar-refractivity contribution in [1.82, 2.24) is 10.3 Å². The molecule has 0 saturated heterocycles. The Bertz CT molecular complexity index is 551. The fourth-order valence-electron chi connectivity index (χ4n) is 1.48. The molecule has 0 fully saturated rings. The quantitative estimate of drug-likeness (QED) is 0.903. The van der Waals surface area contributed by atoms with Gasteiger partial charge in [-0.3, -0.25) is 5.32 Å². The maximum atomic E-state index is 11.6. The number of thiazole rings is 1. The van der Waals surface area contributed by atoms with Crippen LogP contribution in [0.25, 0.3) is 0 Å². The zero-order chi connectivity index (χ0) is 13.7. The van der Waals surface area contributed by atoms with Gasteiger partial charge in [0.2, 0.25) is 0 Å². The lowest BCUT2D eigenvalue weighted by Gasteiger charge is -2.06. The summed E-state index contributed by atoms with van der Waals surface area (Å²) in [7, 11) is 1.62. The molecule has 0 atom stereocenters. The number of anilines is 1. The van der Waals surface area contributed by atoms with E-state index in [-0.39, 0.29) is 6.03 Å². The third-order valence-electron chi connectivity index (χ3n) is 2.45. The van der Waals surface area contributed by atoms with E-state index in [4.69, 9.17) is 4.74 Å². The summed E-state index contributed by atoms with van der Waals surface area (Å²) in [5.41, 5.74) is 1.90. The van der Waals surface area contributed by atoms with Crippen molar-refractivity contribution in [2.75, 3.05) is 12.4 Å². The first-order valence-electron chi connectivity index (χ1n) is 5.77. The van der Waals surface area contributed by atoms with Crippen LogP contribution < -0.4 is 15.4 Å². The van der Waals surface area contributed by atoms with Gasteiger partial charge in [0.05, 0.1) is 12.8 Å². The average Bonchev–Trinajstić information content (AvgIpc) is 2.82. The maximum absolute atomic E-state index is 11.6. The van der Waals surface area contributed by atoms with Gasteiger partial charge in [-0.05, 0) is 24.6 Å². The molecule has 1 aromatic heterocycles. The minimum Gasteiger partial charge on any atom is -0.497 e. The van der Waals surface area contributed by atoms with Gasteiger partial charge >= 0.3 is 6.03 Å². The molecular formula is C13H15N3O2S. The molecule has 0 aliphatic rings. The van der Waals surface area contributed by atoms with Crippen molar-refractivity contribution < 1.29 is 9.53 Å². The summed E-state index contributed by atoms with van der Waals surface area (Å²) in [6.45, 7) is 2.34. The molecular weight excluding hydrogens is 262 g/mol. The number of carbonyl (C=O) groups is 1. The van der Waals surface area contributed by atoms with Gasteiger partial charge in [-0.1, -0.05) is 12.1 Å². The van der Waals surface area contributed by atoms with Gasteiger partial charge in [-0.25, -0.2) is 9.78 Å². The van der Waals surface area contributed by atoms with Crippen molar-refractivity contribution in [1.29, 1.82) is 0 Å². The second-order valence-corrected chi connectivity index (χ2v) is 4.81. The van der Waals surface area contributed by atoms with Crippen LogP contribution in [-0.4, -0.2) is 18.1 Å². The molecule has 1 heterocycles. The lowest BCUT2D eigenvalue weighted by atomic mass is 10.2. The van der Waals surface area contributed by atoms with Crippen LogP contribution in [0.3, 0.4) is 0 Å². The van der Waals surface area contributed by atoms with E-state index in [1.165, 1.54) is 11.3 Å². The second-order valence-electron chi connectivity index (χ2n) is 3.95. The van der Waals surface area contributed by atoms with Crippen LogP contribution in [0.2, 0.25) is 0 Å². The van der Waals surface area contributed by atoms with Crippen LogP contribution in [0.1, 0.15) is 11.3 Å². The standard InChI is InChI=1S/C13H15N3O2S/c1-9-8-19-13(15-9)16-12(17)14-7-10-3-5-11(18-2)6-4-10/h3-6,8H,7H2,1-2H3,(H2,14,15,16,17). The van der Waals surface area contributed by atoms with Gasteiger partial charge < -0.3 is 10.1 Å². The first kappa shape index (κ1) is 13.4. The number of aryl methyl sites for hydroxylation is 1. The number of rotatable bonds is 4. The highest BCUT2D eigenvalue weighted by Gasteiger charge is 2.04. The van der Waals surface area contributed by atoms with E-state index < -0.39 is 0 Å². The number of carbonyl (C=O) groups excluding carboxylic acids is 1. The van der Waals surface area contributed by atoms with Crippen LogP contribution in [0.4, 0.5) is 9.93 Å². The van der Waals surface area contributed by atoms with Crippen molar-refractivity contribution in [3.05, 3.63) is 40.9 Å². The molecule has 0 spiro atoms. The third-order valence-corrected chi connectivity index (χ3v) is 3.33. The highest BCUT2D eigenvalue weighted by Crippen LogP contribution is 2.14. The Labute approximate surface area is 115 Å². The summed E-state index contributed by atoms with van der Waals surface area (Å²) in [6, 6.07) is 7.28. The molecule has 0 unspecified atom stereocenters. The van der Waals surface area contributed by atoms with E-state index >= 15 is 0 Å². The topological polar surface area (TPSA) is 63.2 Å². The summed E-state index contributed by atoms with van der Waals surface area (Å²) in [6.07, 6.45) is 0. The lowest BCUT2D eigenvalue weighted by molar-refractivity contribution is 0.251. The largest absolute Gasteiger partial charge is 0.497 e. The zero-order valence-corrected chi connectivity index (χ0v) is 11.6. The SMILES string of the molecule is COc1ccc(CNC(=O)Nc2nc(C)cs2)cc1. The number of methoxy groups -OCH3 is 1. The van der Waals surface area contributed by atoms with E-state index in [1.54, 1.807) is 7.11 Å². The number of urea groups is 1.